The molecule has 0 aliphatic carbocycles. The topological polar surface area (TPSA) is 55.0 Å². The van der Waals surface area contributed by atoms with E-state index in [2.05, 4.69) is 30.4 Å². The molecule has 1 aromatic heterocycles. The van der Waals surface area contributed by atoms with Crippen molar-refractivity contribution in [2.24, 2.45) is 0 Å². The molecule has 0 spiro atoms. The second kappa shape index (κ2) is 4.88. The second-order valence-electron chi connectivity index (χ2n) is 5.16. The number of aromatic amines is 1. The van der Waals surface area contributed by atoms with Gasteiger partial charge in [0.15, 0.2) is 0 Å². The Labute approximate surface area is 112 Å². The first-order chi connectivity index (χ1) is 8.99. The summed E-state index contributed by atoms with van der Waals surface area (Å²) < 4.78 is 4.78. The van der Waals surface area contributed by atoms with Gasteiger partial charge in [-0.05, 0) is 18.6 Å². The fourth-order valence-corrected chi connectivity index (χ4v) is 2.08. The number of hydrogen-bond donors (Lipinski definition) is 1. The third-order valence-electron chi connectivity index (χ3n) is 3.21. The average Bonchev–Trinajstić information content (AvgIpc) is 2.82. The molecule has 0 fully saturated rings. The zero-order valence-corrected chi connectivity index (χ0v) is 11.5. The fourth-order valence-electron chi connectivity index (χ4n) is 2.08. The highest BCUT2D eigenvalue weighted by molar-refractivity contribution is 6.01. The maximum absolute atomic E-state index is 11.7. The quantitative estimate of drug-likeness (QED) is 0.676. The zero-order valence-electron chi connectivity index (χ0n) is 11.5. The van der Waals surface area contributed by atoms with E-state index in [-0.39, 0.29) is 11.4 Å². The highest BCUT2D eigenvalue weighted by Crippen LogP contribution is 2.28. The van der Waals surface area contributed by atoms with Gasteiger partial charge in [-0.15, -0.1) is 6.58 Å². The van der Waals surface area contributed by atoms with Crippen LogP contribution in [-0.2, 0) is 10.2 Å². The fraction of sp³-hybridized carbons (Fsp3) is 0.333. The van der Waals surface area contributed by atoms with Gasteiger partial charge >= 0.3 is 5.97 Å². The Balaban J connectivity index is 2.57. The number of fused-ring (bicyclic) bond motifs is 1. The Morgan fingerprint density at radius 3 is 2.89 bits per heavy atom. The number of esters is 1. The molecule has 0 saturated carbocycles. The number of carbonyl (C=O) groups excluding carboxylic acids is 1. The molecule has 0 amide bonds. The molecule has 0 unspecified atom stereocenters. The van der Waals surface area contributed by atoms with E-state index in [4.69, 9.17) is 4.74 Å². The van der Waals surface area contributed by atoms with Crippen LogP contribution in [0.5, 0.6) is 0 Å². The number of carbonyl (C=O) groups is 1. The van der Waals surface area contributed by atoms with Gasteiger partial charge in [0.2, 0.25) is 0 Å². The van der Waals surface area contributed by atoms with Crippen molar-refractivity contribution >= 4 is 17.0 Å². The number of benzene rings is 1. The molecule has 0 radical (unpaired) electrons. The molecule has 4 nitrogen and oxygen atoms in total. The molecule has 0 bridgehead atoms. The number of aromatic nitrogens is 2. The Kier molecular flexibility index (Phi) is 3.42. The van der Waals surface area contributed by atoms with E-state index >= 15 is 0 Å². The molecule has 1 N–H and O–H groups in total. The number of methoxy groups -OCH3 is 1. The van der Waals surface area contributed by atoms with Gasteiger partial charge in [-0.3, -0.25) is 0 Å². The summed E-state index contributed by atoms with van der Waals surface area (Å²) in [6.45, 7) is 7.94. The van der Waals surface area contributed by atoms with Gasteiger partial charge < -0.3 is 9.72 Å². The lowest BCUT2D eigenvalue weighted by molar-refractivity contribution is 0.0603. The summed E-state index contributed by atoms with van der Waals surface area (Å²) in [6.07, 6.45) is 2.68. The molecule has 100 valence electrons. The maximum Gasteiger partial charge on any atom is 0.340 e. The van der Waals surface area contributed by atoms with E-state index in [9.17, 15) is 4.79 Å². The number of H-pyrrole nitrogens is 1. The van der Waals surface area contributed by atoms with Crippen molar-refractivity contribution in [3.8, 4) is 0 Å². The van der Waals surface area contributed by atoms with Crippen LogP contribution >= 0.6 is 0 Å². The van der Waals surface area contributed by atoms with Gasteiger partial charge in [0.05, 0.1) is 18.2 Å². The first-order valence-electron chi connectivity index (χ1n) is 6.18. The Morgan fingerprint density at radius 2 is 2.26 bits per heavy atom. The van der Waals surface area contributed by atoms with Gasteiger partial charge in [0.1, 0.15) is 11.3 Å². The lowest BCUT2D eigenvalue weighted by atomic mass is 9.89. The first kappa shape index (κ1) is 13.3. The van der Waals surface area contributed by atoms with Gasteiger partial charge in [0, 0.05) is 5.41 Å². The molecule has 19 heavy (non-hydrogen) atoms. The number of imidazole rings is 1. The summed E-state index contributed by atoms with van der Waals surface area (Å²) >= 11 is 0. The molecule has 1 aromatic carbocycles. The van der Waals surface area contributed by atoms with E-state index in [0.29, 0.717) is 11.1 Å². The van der Waals surface area contributed by atoms with Crippen LogP contribution in [-0.4, -0.2) is 23.0 Å². The standard InChI is InChI=1S/C15H18N2O2/c1-5-9-15(2,3)14-16-11-8-6-7-10(12(11)17-14)13(18)19-4/h5-8H,1,9H2,2-4H3,(H,16,17). The molecule has 2 aromatic rings. The maximum atomic E-state index is 11.7. The number of rotatable bonds is 4. The predicted octanol–water partition coefficient (Wildman–Crippen LogP) is 3.20. The van der Waals surface area contributed by atoms with Crippen molar-refractivity contribution in [2.45, 2.75) is 25.7 Å². The van der Waals surface area contributed by atoms with Crippen molar-refractivity contribution in [1.29, 1.82) is 0 Å². The van der Waals surface area contributed by atoms with E-state index < -0.39 is 0 Å². The van der Waals surface area contributed by atoms with Crippen LogP contribution in [0, 0.1) is 0 Å². The summed E-state index contributed by atoms with van der Waals surface area (Å²) in [5.74, 6) is 0.476. The van der Waals surface area contributed by atoms with E-state index in [0.717, 1.165) is 17.8 Å². The summed E-state index contributed by atoms with van der Waals surface area (Å²) in [7, 11) is 1.37. The lowest BCUT2D eigenvalue weighted by Gasteiger charge is -2.19. The predicted molar refractivity (Wildman–Crippen MR) is 75.3 cm³/mol. The number of hydrogen-bond acceptors (Lipinski definition) is 3. The van der Waals surface area contributed by atoms with Crippen LogP contribution in [0.3, 0.4) is 0 Å². The number of nitrogens with one attached hydrogen (secondary N) is 1. The van der Waals surface area contributed by atoms with Gasteiger partial charge in [-0.2, -0.15) is 0 Å². The molecule has 0 atom stereocenters. The van der Waals surface area contributed by atoms with Crippen molar-refractivity contribution in [3.05, 3.63) is 42.2 Å². The van der Waals surface area contributed by atoms with Crippen LogP contribution in [0.2, 0.25) is 0 Å². The van der Waals surface area contributed by atoms with Crippen LogP contribution in [0.15, 0.2) is 30.9 Å². The van der Waals surface area contributed by atoms with Gasteiger partial charge in [-0.25, -0.2) is 9.78 Å². The largest absolute Gasteiger partial charge is 0.465 e. The van der Waals surface area contributed by atoms with Crippen LogP contribution in [0.1, 0.15) is 36.5 Å². The summed E-state index contributed by atoms with van der Waals surface area (Å²) in [5, 5.41) is 0. The molecule has 1 heterocycles. The third-order valence-corrected chi connectivity index (χ3v) is 3.21. The minimum Gasteiger partial charge on any atom is -0.465 e. The summed E-state index contributed by atoms with van der Waals surface area (Å²) in [5.41, 5.74) is 1.84. The monoisotopic (exact) mass is 258 g/mol. The molecule has 2 rings (SSSR count). The number of nitrogens with zero attached hydrogens (tertiary/aromatic N) is 1. The highest BCUT2D eigenvalue weighted by atomic mass is 16.5. The number of ether oxygens (including phenoxy) is 1. The number of para-hydroxylation sites is 1. The van der Waals surface area contributed by atoms with Crippen molar-refractivity contribution in [3.63, 3.8) is 0 Å². The third kappa shape index (κ3) is 2.38. The van der Waals surface area contributed by atoms with Crippen molar-refractivity contribution < 1.29 is 9.53 Å². The van der Waals surface area contributed by atoms with Crippen molar-refractivity contribution in [1.82, 2.24) is 9.97 Å². The molecule has 4 heteroatoms. The van der Waals surface area contributed by atoms with Gasteiger partial charge in [0.25, 0.3) is 0 Å². The molecular weight excluding hydrogens is 240 g/mol. The minimum absolute atomic E-state index is 0.145. The molecular formula is C15H18N2O2. The Hall–Kier alpha value is -2.10. The molecule has 0 aliphatic heterocycles. The second-order valence-corrected chi connectivity index (χ2v) is 5.16. The summed E-state index contributed by atoms with van der Waals surface area (Å²) in [6, 6.07) is 5.44. The zero-order chi connectivity index (χ0) is 14.0. The molecule has 0 aliphatic rings. The minimum atomic E-state index is -0.370. The smallest absolute Gasteiger partial charge is 0.340 e. The SMILES string of the molecule is C=CCC(C)(C)c1nc2c(C(=O)OC)cccc2[nH]1. The highest BCUT2D eigenvalue weighted by Gasteiger charge is 2.24. The average molecular weight is 258 g/mol. The van der Waals surface area contributed by atoms with Crippen LogP contribution in [0.25, 0.3) is 11.0 Å². The summed E-state index contributed by atoms with van der Waals surface area (Å²) in [4.78, 5) is 19.6. The van der Waals surface area contributed by atoms with Crippen molar-refractivity contribution in [2.75, 3.05) is 7.11 Å². The number of allylic oxidation sites excluding steroid dienone is 1. The normalized spacial score (nSPS) is 11.5. The van der Waals surface area contributed by atoms with Gasteiger partial charge in [-0.1, -0.05) is 26.0 Å². The van der Waals surface area contributed by atoms with Crippen LogP contribution < -0.4 is 0 Å². The van der Waals surface area contributed by atoms with E-state index in [1.165, 1.54) is 7.11 Å². The van der Waals surface area contributed by atoms with E-state index in [1.54, 1.807) is 6.07 Å². The lowest BCUT2D eigenvalue weighted by Crippen LogP contribution is -2.17. The first-order valence-corrected chi connectivity index (χ1v) is 6.18. The Bertz CT molecular complexity index is 626. The Morgan fingerprint density at radius 1 is 1.53 bits per heavy atom. The van der Waals surface area contributed by atoms with E-state index in [1.807, 2.05) is 18.2 Å². The van der Waals surface area contributed by atoms with Crippen LogP contribution in [0.4, 0.5) is 0 Å². The molecule has 0 saturated heterocycles.